The number of nitrogens with zero attached hydrogens (tertiary/aromatic N) is 4. The van der Waals surface area contributed by atoms with Gasteiger partial charge in [-0.3, -0.25) is 19.6 Å². The summed E-state index contributed by atoms with van der Waals surface area (Å²) in [7, 11) is -3.57. The van der Waals surface area contributed by atoms with E-state index in [2.05, 4.69) is 20.4 Å². The van der Waals surface area contributed by atoms with Crippen molar-refractivity contribution in [1.82, 2.24) is 15.0 Å². The van der Waals surface area contributed by atoms with E-state index in [9.17, 15) is 23.3 Å². The lowest BCUT2D eigenvalue weighted by molar-refractivity contribution is -0.384. The normalized spacial score (nSPS) is 11.0. The molecule has 0 fully saturated rings. The Morgan fingerprint density at radius 2 is 1.79 bits per heavy atom. The summed E-state index contributed by atoms with van der Waals surface area (Å²) in [5.74, 6) is 0.696. The second-order valence-electron chi connectivity index (χ2n) is 8.00. The monoisotopic (exact) mass is 538 g/mol. The van der Waals surface area contributed by atoms with Gasteiger partial charge in [0.15, 0.2) is 5.75 Å². The number of nitro groups is 1. The molecule has 14 heteroatoms. The molecule has 0 aliphatic rings. The topological polar surface area (TPSA) is 168 Å². The highest BCUT2D eigenvalue weighted by atomic mass is 32.2. The molecule has 0 bridgehead atoms. The zero-order valence-corrected chi connectivity index (χ0v) is 20.8. The summed E-state index contributed by atoms with van der Waals surface area (Å²) in [5.41, 5.74) is 0.991. The molecule has 38 heavy (non-hydrogen) atoms. The number of hydrogen-bond donors (Lipinski definition) is 2. The summed E-state index contributed by atoms with van der Waals surface area (Å²) in [6.45, 7) is -0.100. The number of benzene rings is 3. The Morgan fingerprint density at radius 1 is 1.05 bits per heavy atom. The molecule has 13 nitrogen and oxygen atoms in total. The molecule has 1 amide bonds. The average Bonchev–Trinajstić information content (AvgIpc) is 3.31. The van der Waals surface area contributed by atoms with E-state index in [1.807, 2.05) is 6.07 Å². The van der Waals surface area contributed by atoms with Crippen LogP contribution < -0.4 is 19.5 Å². The predicted octanol–water partition coefficient (Wildman–Crippen LogP) is 3.57. The van der Waals surface area contributed by atoms with E-state index in [1.54, 1.807) is 24.3 Å². The molecule has 0 saturated heterocycles. The Bertz CT molecular complexity index is 1540. The molecular formula is C24H22N6O7S. The van der Waals surface area contributed by atoms with Crippen molar-refractivity contribution >= 4 is 33.0 Å². The molecule has 4 rings (SSSR count). The maximum Gasteiger partial charge on any atom is 0.269 e. The molecule has 4 aromatic rings. The van der Waals surface area contributed by atoms with Gasteiger partial charge in [-0.25, -0.2) is 13.1 Å². The number of sulfonamides is 1. The third kappa shape index (κ3) is 7.51. The van der Waals surface area contributed by atoms with Crippen molar-refractivity contribution in [3.8, 4) is 17.2 Å². The predicted molar refractivity (Wildman–Crippen MR) is 138 cm³/mol. The molecule has 2 N–H and O–H groups in total. The van der Waals surface area contributed by atoms with E-state index in [4.69, 9.17) is 9.47 Å². The van der Waals surface area contributed by atoms with Crippen molar-refractivity contribution in [1.29, 1.82) is 0 Å². The number of aromatic nitrogens is 3. The van der Waals surface area contributed by atoms with Gasteiger partial charge in [-0.2, -0.15) is 0 Å². The van der Waals surface area contributed by atoms with Crippen molar-refractivity contribution < 1.29 is 27.6 Å². The molecule has 0 saturated carbocycles. The molecule has 3 aromatic carbocycles. The number of para-hydroxylation sites is 1. The summed E-state index contributed by atoms with van der Waals surface area (Å²) in [4.78, 5) is 22.8. The first-order valence-corrected chi connectivity index (χ1v) is 12.9. The standard InChI is InChI=1S/C24H22N6O7S/c1-38(34,35)27-22-12-7-17(13-23(22)37-21-5-3-2-4-6-21)25-24(31)15-29-14-18(26-28-29)16-36-20-10-8-19(9-11-20)30(32)33/h2-14,27H,15-16H2,1H3,(H,25,31). The van der Waals surface area contributed by atoms with E-state index in [1.165, 1.54) is 53.3 Å². The Labute approximate surface area is 217 Å². The first kappa shape index (κ1) is 26.1. The maximum absolute atomic E-state index is 12.6. The van der Waals surface area contributed by atoms with Crippen LogP contribution in [0.2, 0.25) is 0 Å². The summed E-state index contributed by atoms with van der Waals surface area (Å²) in [6, 6.07) is 18.9. The summed E-state index contributed by atoms with van der Waals surface area (Å²) >= 11 is 0. The molecule has 0 aliphatic carbocycles. The van der Waals surface area contributed by atoms with Crippen molar-refractivity contribution in [2.24, 2.45) is 0 Å². The molecule has 0 unspecified atom stereocenters. The summed E-state index contributed by atoms with van der Waals surface area (Å²) in [6.07, 6.45) is 2.56. The van der Waals surface area contributed by atoms with Crippen LogP contribution in [-0.4, -0.2) is 40.5 Å². The van der Waals surface area contributed by atoms with Crippen LogP contribution in [0.15, 0.2) is 79.0 Å². The number of nitrogens with one attached hydrogen (secondary N) is 2. The number of anilines is 2. The van der Waals surface area contributed by atoms with Crippen LogP contribution in [0.1, 0.15) is 5.69 Å². The third-order valence-electron chi connectivity index (χ3n) is 4.86. The molecule has 0 radical (unpaired) electrons. The van der Waals surface area contributed by atoms with Crippen LogP contribution in [0.5, 0.6) is 17.2 Å². The molecule has 0 spiro atoms. The van der Waals surface area contributed by atoms with Crippen molar-refractivity contribution in [3.05, 3.63) is 94.8 Å². The molecule has 1 heterocycles. The number of amides is 1. The Hall–Kier alpha value is -4.98. The number of rotatable bonds is 11. The van der Waals surface area contributed by atoms with Crippen LogP contribution in [0.3, 0.4) is 0 Å². The Kier molecular flexibility index (Phi) is 7.82. The van der Waals surface area contributed by atoms with E-state index < -0.39 is 20.9 Å². The van der Waals surface area contributed by atoms with Gasteiger partial charge in [0.2, 0.25) is 15.9 Å². The molecule has 196 valence electrons. The van der Waals surface area contributed by atoms with E-state index >= 15 is 0 Å². The molecule has 0 atom stereocenters. The lowest BCUT2D eigenvalue weighted by atomic mass is 10.2. The van der Waals surface area contributed by atoms with Gasteiger partial charge in [0, 0.05) is 23.9 Å². The first-order valence-electron chi connectivity index (χ1n) is 11.1. The fourth-order valence-electron chi connectivity index (χ4n) is 3.24. The fraction of sp³-hybridized carbons (Fsp3) is 0.125. The number of nitro benzene ring substituents is 1. The average molecular weight is 539 g/mol. The van der Waals surface area contributed by atoms with E-state index in [0.717, 1.165) is 6.26 Å². The lowest BCUT2D eigenvalue weighted by Gasteiger charge is -2.14. The van der Waals surface area contributed by atoms with Gasteiger partial charge in [0.05, 0.1) is 23.1 Å². The molecule has 0 aliphatic heterocycles. The largest absolute Gasteiger partial charge is 0.487 e. The molecule has 1 aromatic heterocycles. The highest BCUT2D eigenvalue weighted by Crippen LogP contribution is 2.33. The van der Waals surface area contributed by atoms with Gasteiger partial charge in [0.25, 0.3) is 5.69 Å². The Morgan fingerprint density at radius 3 is 2.47 bits per heavy atom. The smallest absolute Gasteiger partial charge is 0.269 e. The number of ether oxygens (including phenoxy) is 2. The van der Waals surface area contributed by atoms with Gasteiger partial charge < -0.3 is 14.8 Å². The lowest BCUT2D eigenvalue weighted by Crippen LogP contribution is -2.19. The maximum atomic E-state index is 12.6. The van der Waals surface area contributed by atoms with E-state index in [-0.39, 0.29) is 30.3 Å². The Balaban J connectivity index is 1.38. The minimum atomic E-state index is -3.57. The van der Waals surface area contributed by atoms with Crippen molar-refractivity contribution in [2.45, 2.75) is 13.2 Å². The molecular weight excluding hydrogens is 516 g/mol. The van der Waals surface area contributed by atoms with Crippen LogP contribution in [0.25, 0.3) is 0 Å². The minimum Gasteiger partial charge on any atom is -0.487 e. The SMILES string of the molecule is CS(=O)(=O)Nc1ccc(NC(=O)Cn2cc(COc3ccc([N+](=O)[O-])cc3)nn2)cc1Oc1ccccc1. The van der Waals surface area contributed by atoms with Crippen LogP contribution in [-0.2, 0) is 28.0 Å². The van der Waals surface area contributed by atoms with Gasteiger partial charge in [0.1, 0.15) is 30.3 Å². The number of non-ortho nitro benzene ring substituents is 1. The van der Waals surface area contributed by atoms with E-state index in [0.29, 0.717) is 22.9 Å². The van der Waals surface area contributed by atoms with Gasteiger partial charge >= 0.3 is 0 Å². The number of carbonyl (C=O) groups excluding carboxylic acids is 1. The zero-order chi connectivity index (χ0) is 27.1. The highest BCUT2D eigenvalue weighted by molar-refractivity contribution is 7.92. The summed E-state index contributed by atoms with van der Waals surface area (Å²) in [5, 5.41) is 21.3. The second kappa shape index (κ2) is 11.4. The van der Waals surface area contributed by atoms with Crippen LogP contribution in [0.4, 0.5) is 17.1 Å². The first-order chi connectivity index (χ1) is 18.1. The third-order valence-corrected chi connectivity index (χ3v) is 5.45. The van der Waals surface area contributed by atoms with Gasteiger partial charge in [-0.1, -0.05) is 23.4 Å². The number of hydrogen-bond acceptors (Lipinski definition) is 9. The van der Waals surface area contributed by atoms with Crippen molar-refractivity contribution in [2.75, 3.05) is 16.3 Å². The van der Waals surface area contributed by atoms with Crippen LogP contribution >= 0.6 is 0 Å². The quantitative estimate of drug-likeness (QED) is 0.214. The van der Waals surface area contributed by atoms with Gasteiger partial charge in [-0.15, -0.1) is 5.10 Å². The highest BCUT2D eigenvalue weighted by Gasteiger charge is 2.13. The van der Waals surface area contributed by atoms with Gasteiger partial charge in [-0.05, 0) is 36.4 Å². The number of carbonyl (C=O) groups is 1. The van der Waals surface area contributed by atoms with Crippen molar-refractivity contribution in [3.63, 3.8) is 0 Å². The zero-order valence-electron chi connectivity index (χ0n) is 20.0. The fourth-order valence-corrected chi connectivity index (χ4v) is 3.80. The second-order valence-corrected chi connectivity index (χ2v) is 9.74. The summed E-state index contributed by atoms with van der Waals surface area (Å²) < 4.78 is 38.6. The minimum absolute atomic E-state index is 0.0469. The van der Waals surface area contributed by atoms with Crippen LogP contribution in [0, 0.1) is 10.1 Å².